The summed E-state index contributed by atoms with van der Waals surface area (Å²) in [6.45, 7) is 1.08. The molecule has 1 heterocycles. The lowest BCUT2D eigenvalue weighted by Gasteiger charge is -2.28. The van der Waals surface area contributed by atoms with Gasteiger partial charge in [-0.2, -0.15) is 0 Å². The Morgan fingerprint density at radius 3 is 2.65 bits per heavy atom. The van der Waals surface area contributed by atoms with Gasteiger partial charge in [0.05, 0.1) is 25.4 Å². The maximum atomic E-state index is 5.35. The van der Waals surface area contributed by atoms with Crippen molar-refractivity contribution < 1.29 is 4.74 Å². The molecule has 2 unspecified atom stereocenters. The summed E-state index contributed by atoms with van der Waals surface area (Å²) in [5, 5.41) is 0. The molecule has 5 heteroatoms. The van der Waals surface area contributed by atoms with Crippen molar-refractivity contribution in [2.75, 3.05) is 13.7 Å². The highest BCUT2D eigenvalue weighted by molar-refractivity contribution is 8.55. The Labute approximate surface area is 114 Å². The van der Waals surface area contributed by atoms with Crippen LogP contribution in [-0.2, 0) is 11.8 Å². The number of methoxy groups -OCH3 is 1. The van der Waals surface area contributed by atoms with Crippen LogP contribution in [0.5, 0.6) is 5.75 Å². The first-order valence-corrected chi connectivity index (χ1v) is 9.25. The highest BCUT2D eigenvalue weighted by Crippen LogP contribution is 2.44. The van der Waals surface area contributed by atoms with Gasteiger partial charge in [0.25, 0.3) is 0 Å². The van der Waals surface area contributed by atoms with E-state index in [0.717, 1.165) is 12.3 Å². The first kappa shape index (κ1) is 13.3. The number of hydrogen-bond acceptors (Lipinski definition) is 2. The lowest BCUT2D eigenvalue weighted by atomic mass is 9.97. The fourth-order valence-electron chi connectivity index (χ4n) is 2.29. The molecule has 0 aliphatic carbocycles. The molecule has 2 nitrogen and oxygen atoms in total. The van der Waals surface area contributed by atoms with E-state index in [4.69, 9.17) is 16.5 Å². The molecule has 0 aromatic heterocycles. The molecule has 0 amide bonds. The topological polar surface area (TPSA) is 12.5 Å². The van der Waals surface area contributed by atoms with E-state index in [-0.39, 0.29) is 0 Å². The van der Waals surface area contributed by atoms with Gasteiger partial charge in [0, 0.05) is 6.54 Å². The Balaban J connectivity index is 2.20. The van der Waals surface area contributed by atoms with Crippen molar-refractivity contribution in [3.05, 3.63) is 29.8 Å². The molecular formula is C12H17NOPS2+. The zero-order valence-electron chi connectivity index (χ0n) is 9.87. The summed E-state index contributed by atoms with van der Waals surface area (Å²) in [4.78, 5) is 0. The van der Waals surface area contributed by atoms with Crippen molar-refractivity contribution in [2.45, 2.75) is 25.3 Å². The second-order valence-electron chi connectivity index (χ2n) is 4.20. The Bertz CT molecular complexity index is 396. The molecule has 1 aromatic carbocycles. The zero-order valence-corrected chi connectivity index (χ0v) is 12.5. The molecule has 0 spiro atoms. The van der Waals surface area contributed by atoms with E-state index in [1.165, 1.54) is 24.8 Å². The van der Waals surface area contributed by atoms with Crippen LogP contribution in [0, 0.1) is 0 Å². The fourth-order valence-corrected chi connectivity index (χ4v) is 4.31. The maximum absolute atomic E-state index is 5.35. The number of hydrogen-bond donors (Lipinski definition) is 1. The standard InChI is InChI=1S/C12H16NOPS2/c1-14-11-7-5-10(6-8-11)12-4-2-3-9-13(12)15(16)17/h5-8,12H,2-4,9H2,1H3/p+1. The van der Waals surface area contributed by atoms with E-state index in [2.05, 4.69) is 29.1 Å². The van der Waals surface area contributed by atoms with Crippen molar-refractivity contribution in [1.29, 1.82) is 0 Å². The Morgan fingerprint density at radius 2 is 2.06 bits per heavy atom. The van der Waals surface area contributed by atoms with Gasteiger partial charge in [0.15, 0.2) is 11.8 Å². The van der Waals surface area contributed by atoms with Gasteiger partial charge in [-0.05, 0) is 37.0 Å². The van der Waals surface area contributed by atoms with Crippen LogP contribution in [0.4, 0.5) is 0 Å². The van der Waals surface area contributed by atoms with Gasteiger partial charge in [-0.25, -0.2) is 0 Å². The molecule has 2 rings (SSSR count). The third-order valence-corrected chi connectivity index (χ3v) is 5.43. The van der Waals surface area contributed by atoms with E-state index in [0.29, 0.717) is 6.04 Å². The minimum Gasteiger partial charge on any atom is -0.497 e. The summed E-state index contributed by atoms with van der Waals surface area (Å²) in [5.74, 6) is 0.905. The Hall–Kier alpha value is -0.150. The van der Waals surface area contributed by atoms with E-state index in [1.54, 1.807) is 7.11 Å². The average molecular weight is 286 g/mol. The van der Waals surface area contributed by atoms with Crippen molar-refractivity contribution in [1.82, 2.24) is 4.67 Å². The van der Waals surface area contributed by atoms with E-state index >= 15 is 0 Å². The molecule has 0 saturated carbocycles. The second kappa shape index (κ2) is 6.14. The molecule has 0 radical (unpaired) electrons. The van der Waals surface area contributed by atoms with Crippen LogP contribution in [0.15, 0.2) is 24.3 Å². The quantitative estimate of drug-likeness (QED) is 0.668. The predicted molar refractivity (Wildman–Crippen MR) is 79.6 cm³/mol. The Morgan fingerprint density at radius 1 is 1.35 bits per heavy atom. The van der Waals surface area contributed by atoms with Crippen molar-refractivity contribution in [3.63, 3.8) is 0 Å². The predicted octanol–water partition coefficient (Wildman–Crippen LogP) is 3.93. The third kappa shape index (κ3) is 3.19. The molecule has 1 aromatic rings. The number of benzene rings is 1. The van der Waals surface area contributed by atoms with Gasteiger partial charge in [0.1, 0.15) is 5.75 Å². The van der Waals surface area contributed by atoms with E-state index in [9.17, 15) is 0 Å². The number of ether oxygens (including phenoxy) is 1. The smallest absolute Gasteiger partial charge is 0.338 e. The first-order chi connectivity index (χ1) is 8.22. The average Bonchev–Trinajstić information content (AvgIpc) is 2.39. The third-order valence-electron chi connectivity index (χ3n) is 3.19. The number of nitrogens with zero attached hydrogens (tertiary/aromatic N) is 1. The lowest BCUT2D eigenvalue weighted by Crippen LogP contribution is -2.26. The largest absolute Gasteiger partial charge is 0.497 e. The molecular weight excluding hydrogens is 269 g/mol. The van der Waals surface area contributed by atoms with Gasteiger partial charge in [-0.15, -0.1) is 4.67 Å². The van der Waals surface area contributed by atoms with Crippen molar-refractivity contribution in [3.8, 4) is 5.75 Å². The summed E-state index contributed by atoms with van der Waals surface area (Å²) in [6, 6.07) is 8.05. The van der Waals surface area contributed by atoms with Gasteiger partial charge in [-0.3, -0.25) is 0 Å². The minimum atomic E-state index is -0.713. The Kier molecular flexibility index (Phi) is 4.80. The number of thiol groups is 1. The van der Waals surface area contributed by atoms with Gasteiger partial charge in [0.2, 0.25) is 0 Å². The van der Waals surface area contributed by atoms with Crippen LogP contribution in [0.3, 0.4) is 0 Å². The SMILES string of the molecule is COc1ccc(C2CCCCN2[P+](=S)S)cc1. The number of piperidine rings is 1. The summed E-state index contributed by atoms with van der Waals surface area (Å²) in [6.07, 6.45) is 3.70. The van der Waals surface area contributed by atoms with Crippen molar-refractivity contribution >= 4 is 30.1 Å². The minimum absolute atomic E-state index is 0.441. The molecule has 92 valence electrons. The highest BCUT2D eigenvalue weighted by atomic mass is 32.9. The van der Waals surface area contributed by atoms with Crippen LogP contribution in [0.25, 0.3) is 0 Å². The lowest BCUT2D eigenvalue weighted by molar-refractivity contribution is 0.276. The van der Waals surface area contributed by atoms with Gasteiger partial charge in [-0.1, -0.05) is 12.1 Å². The molecule has 2 atom stereocenters. The van der Waals surface area contributed by atoms with Crippen LogP contribution >= 0.6 is 18.3 Å². The van der Waals surface area contributed by atoms with Crippen LogP contribution in [0.1, 0.15) is 30.9 Å². The fraction of sp³-hybridized carbons (Fsp3) is 0.500. The molecule has 0 N–H and O–H groups in total. The second-order valence-corrected chi connectivity index (χ2v) is 8.21. The van der Waals surface area contributed by atoms with Crippen LogP contribution in [0.2, 0.25) is 0 Å². The maximum Gasteiger partial charge on any atom is 0.338 e. The summed E-state index contributed by atoms with van der Waals surface area (Å²) < 4.78 is 7.55. The zero-order chi connectivity index (χ0) is 12.3. The van der Waals surface area contributed by atoms with E-state index in [1.807, 2.05) is 12.1 Å². The summed E-state index contributed by atoms with van der Waals surface area (Å²) in [7, 11) is 1.69. The molecule has 17 heavy (non-hydrogen) atoms. The first-order valence-electron chi connectivity index (χ1n) is 5.79. The monoisotopic (exact) mass is 286 g/mol. The molecule has 0 bridgehead atoms. The van der Waals surface area contributed by atoms with Crippen molar-refractivity contribution in [2.24, 2.45) is 0 Å². The molecule has 1 fully saturated rings. The van der Waals surface area contributed by atoms with Gasteiger partial charge < -0.3 is 4.74 Å². The van der Waals surface area contributed by atoms with Crippen LogP contribution < -0.4 is 4.74 Å². The summed E-state index contributed by atoms with van der Waals surface area (Å²) >= 11 is 9.82. The number of rotatable bonds is 3. The summed E-state index contributed by atoms with van der Waals surface area (Å²) in [5.41, 5.74) is 1.33. The van der Waals surface area contributed by atoms with Gasteiger partial charge >= 0.3 is 6.05 Å². The highest BCUT2D eigenvalue weighted by Gasteiger charge is 2.32. The normalized spacial score (nSPS) is 22.2. The molecule has 1 aliphatic heterocycles. The molecule has 1 saturated heterocycles. The van der Waals surface area contributed by atoms with E-state index < -0.39 is 6.05 Å². The molecule has 1 aliphatic rings. The van der Waals surface area contributed by atoms with Crippen LogP contribution in [-0.4, -0.2) is 18.3 Å².